The Labute approximate surface area is 71.8 Å². The second-order valence-electron chi connectivity index (χ2n) is 3.07. The lowest BCUT2D eigenvalue weighted by molar-refractivity contribution is -0.126. The standard InChI is InChI=1S/C6H12N2O3S/c1-8-4-5(3-6(8)9)7-12(2,10)11/h5,7H,3-4H2,1-2H3. The van der Waals surface area contributed by atoms with Crippen LogP contribution in [0.15, 0.2) is 0 Å². The van der Waals surface area contributed by atoms with Gasteiger partial charge < -0.3 is 4.90 Å². The van der Waals surface area contributed by atoms with Gasteiger partial charge in [-0.25, -0.2) is 13.1 Å². The molecule has 1 rings (SSSR count). The van der Waals surface area contributed by atoms with E-state index in [1.165, 1.54) is 4.90 Å². The lowest BCUT2D eigenvalue weighted by atomic mass is 10.3. The first-order valence-electron chi connectivity index (χ1n) is 3.60. The molecule has 1 aliphatic rings. The van der Waals surface area contributed by atoms with Crippen molar-refractivity contribution < 1.29 is 13.2 Å². The van der Waals surface area contributed by atoms with Crippen LogP contribution in [-0.4, -0.2) is 45.1 Å². The maximum atomic E-state index is 11.0. The van der Waals surface area contributed by atoms with E-state index in [4.69, 9.17) is 0 Å². The minimum Gasteiger partial charge on any atom is -0.344 e. The van der Waals surface area contributed by atoms with Gasteiger partial charge in [-0.15, -0.1) is 0 Å². The van der Waals surface area contributed by atoms with Crippen molar-refractivity contribution in [3.63, 3.8) is 0 Å². The Hall–Kier alpha value is -0.620. The van der Waals surface area contributed by atoms with Crippen LogP contribution in [-0.2, 0) is 14.8 Å². The van der Waals surface area contributed by atoms with Crippen LogP contribution in [0.3, 0.4) is 0 Å². The zero-order valence-electron chi connectivity index (χ0n) is 7.07. The Morgan fingerprint density at radius 2 is 2.17 bits per heavy atom. The fourth-order valence-electron chi connectivity index (χ4n) is 1.25. The van der Waals surface area contributed by atoms with Crippen LogP contribution in [0.4, 0.5) is 0 Å². The van der Waals surface area contributed by atoms with Crippen molar-refractivity contribution in [3.8, 4) is 0 Å². The van der Waals surface area contributed by atoms with E-state index in [2.05, 4.69) is 4.72 Å². The molecule has 6 heteroatoms. The van der Waals surface area contributed by atoms with Crippen molar-refractivity contribution in [2.45, 2.75) is 12.5 Å². The molecule has 1 fully saturated rings. The van der Waals surface area contributed by atoms with Crippen LogP contribution in [0.25, 0.3) is 0 Å². The SMILES string of the molecule is CN1CC(NS(C)(=O)=O)CC1=O. The first kappa shape index (κ1) is 9.47. The molecule has 0 radical (unpaired) electrons. The third-order valence-corrected chi connectivity index (χ3v) is 2.48. The number of nitrogens with one attached hydrogen (secondary N) is 1. The smallest absolute Gasteiger partial charge is 0.224 e. The fourth-order valence-corrected chi connectivity index (χ4v) is 2.01. The van der Waals surface area contributed by atoms with Crippen LogP contribution >= 0.6 is 0 Å². The molecule has 1 amide bonds. The molecule has 1 aliphatic heterocycles. The monoisotopic (exact) mass is 192 g/mol. The van der Waals surface area contributed by atoms with E-state index < -0.39 is 10.0 Å². The highest BCUT2D eigenvalue weighted by molar-refractivity contribution is 7.88. The van der Waals surface area contributed by atoms with Crippen molar-refractivity contribution >= 4 is 15.9 Å². The van der Waals surface area contributed by atoms with Crippen molar-refractivity contribution in [3.05, 3.63) is 0 Å². The van der Waals surface area contributed by atoms with Gasteiger partial charge in [-0.1, -0.05) is 0 Å². The summed E-state index contributed by atoms with van der Waals surface area (Å²) in [6.45, 7) is 0.464. The quantitative estimate of drug-likeness (QED) is 0.595. The van der Waals surface area contributed by atoms with Gasteiger partial charge in [0.1, 0.15) is 0 Å². The predicted octanol–water partition coefficient (Wildman–Crippen LogP) is -1.23. The molecule has 0 bridgehead atoms. The minimum absolute atomic E-state index is 0.0175. The number of likely N-dealkylation sites (tertiary alicyclic amines) is 1. The zero-order chi connectivity index (χ0) is 9.35. The largest absolute Gasteiger partial charge is 0.344 e. The average Bonchev–Trinajstić information content (AvgIpc) is 2.07. The Bertz CT molecular complexity index is 285. The highest BCUT2D eigenvalue weighted by atomic mass is 32.2. The van der Waals surface area contributed by atoms with Gasteiger partial charge in [-0.3, -0.25) is 4.79 Å². The number of likely N-dealkylation sites (N-methyl/N-ethyl adjacent to an activating group) is 1. The molecule has 70 valence electrons. The number of hydrogen-bond acceptors (Lipinski definition) is 3. The summed E-state index contributed by atoms with van der Waals surface area (Å²) in [7, 11) is -1.52. The van der Waals surface area contributed by atoms with E-state index in [0.29, 0.717) is 6.54 Å². The van der Waals surface area contributed by atoms with Gasteiger partial charge in [-0.2, -0.15) is 0 Å². The highest BCUT2D eigenvalue weighted by Gasteiger charge is 2.28. The van der Waals surface area contributed by atoms with Crippen molar-refractivity contribution in [2.75, 3.05) is 19.8 Å². The molecule has 0 aliphatic carbocycles. The lowest BCUT2D eigenvalue weighted by Crippen LogP contribution is -2.35. The maximum Gasteiger partial charge on any atom is 0.224 e. The fraction of sp³-hybridized carbons (Fsp3) is 0.833. The minimum atomic E-state index is -3.18. The number of carbonyl (C=O) groups is 1. The van der Waals surface area contributed by atoms with Gasteiger partial charge in [0.2, 0.25) is 15.9 Å². The average molecular weight is 192 g/mol. The van der Waals surface area contributed by atoms with Gasteiger partial charge in [0, 0.05) is 26.1 Å². The summed E-state index contributed by atoms with van der Waals surface area (Å²) in [5, 5.41) is 0. The van der Waals surface area contributed by atoms with E-state index >= 15 is 0 Å². The van der Waals surface area contributed by atoms with Crippen molar-refractivity contribution in [1.29, 1.82) is 0 Å². The van der Waals surface area contributed by atoms with Gasteiger partial charge >= 0.3 is 0 Å². The topological polar surface area (TPSA) is 66.5 Å². The zero-order valence-corrected chi connectivity index (χ0v) is 7.89. The van der Waals surface area contributed by atoms with E-state index in [0.717, 1.165) is 6.26 Å². The molecular formula is C6H12N2O3S. The van der Waals surface area contributed by atoms with Crippen LogP contribution in [0.2, 0.25) is 0 Å². The molecular weight excluding hydrogens is 180 g/mol. The number of amides is 1. The van der Waals surface area contributed by atoms with Crippen molar-refractivity contribution in [2.24, 2.45) is 0 Å². The Morgan fingerprint density at radius 3 is 2.50 bits per heavy atom. The van der Waals surface area contributed by atoms with Crippen LogP contribution in [0.1, 0.15) is 6.42 Å². The normalized spacial score (nSPS) is 25.0. The Morgan fingerprint density at radius 1 is 1.58 bits per heavy atom. The Balaban J connectivity index is 2.54. The van der Waals surface area contributed by atoms with Crippen LogP contribution in [0.5, 0.6) is 0 Å². The molecule has 0 spiro atoms. The van der Waals surface area contributed by atoms with Gasteiger partial charge in [0.15, 0.2) is 0 Å². The molecule has 0 aromatic carbocycles. The van der Waals surface area contributed by atoms with Crippen LogP contribution in [0, 0.1) is 0 Å². The van der Waals surface area contributed by atoms with E-state index in [1.54, 1.807) is 7.05 Å². The van der Waals surface area contributed by atoms with Crippen LogP contribution < -0.4 is 4.72 Å². The summed E-state index contributed by atoms with van der Waals surface area (Å²) in [6, 6.07) is -0.252. The number of carbonyl (C=O) groups excluding carboxylic acids is 1. The third-order valence-electron chi connectivity index (χ3n) is 1.72. The van der Waals surface area contributed by atoms with Gasteiger partial charge in [-0.05, 0) is 0 Å². The molecule has 1 atom stereocenters. The highest BCUT2D eigenvalue weighted by Crippen LogP contribution is 2.08. The molecule has 1 N–H and O–H groups in total. The third kappa shape index (κ3) is 2.46. The second kappa shape index (κ2) is 3.02. The molecule has 0 aromatic rings. The summed E-state index contributed by atoms with van der Waals surface area (Å²) in [5.74, 6) is -0.0175. The maximum absolute atomic E-state index is 11.0. The van der Waals surface area contributed by atoms with Gasteiger partial charge in [0.05, 0.1) is 6.26 Å². The summed E-state index contributed by atoms with van der Waals surface area (Å²) >= 11 is 0. The number of nitrogens with zero attached hydrogens (tertiary/aromatic N) is 1. The molecule has 12 heavy (non-hydrogen) atoms. The number of hydrogen-bond donors (Lipinski definition) is 1. The summed E-state index contributed by atoms with van der Waals surface area (Å²) < 4.78 is 23.9. The summed E-state index contributed by atoms with van der Waals surface area (Å²) in [5.41, 5.74) is 0. The predicted molar refractivity (Wildman–Crippen MR) is 44.0 cm³/mol. The van der Waals surface area contributed by atoms with E-state index in [1.807, 2.05) is 0 Å². The number of sulfonamides is 1. The molecule has 5 nitrogen and oxygen atoms in total. The van der Waals surface area contributed by atoms with E-state index in [-0.39, 0.29) is 18.4 Å². The number of rotatable bonds is 2. The summed E-state index contributed by atoms with van der Waals surface area (Å²) in [4.78, 5) is 12.5. The first-order chi connectivity index (χ1) is 5.38. The lowest BCUT2D eigenvalue weighted by Gasteiger charge is -2.09. The molecule has 1 saturated heterocycles. The molecule has 0 aromatic heterocycles. The van der Waals surface area contributed by atoms with Crippen molar-refractivity contribution in [1.82, 2.24) is 9.62 Å². The Kier molecular flexibility index (Phi) is 2.39. The van der Waals surface area contributed by atoms with Gasteiger partial charge in [0.25, 0.3) is 0 Å². The molecule has 0 saturated carbocycles. The molecule has 1 heterocycles. The first-order valence-corrected chi connectivity index (χ1v) is 5.49. The second-order valence-corrected chi connectivity index (χ2v) is 4.85. The molecule has 1 unspecified atom stereocenters. The van der Waals surface area contributed by atoms with E-state index in [9.17, 15) is 13.2 Å². The summed E-state index contributed by atoms with van der Waals surface area (Å²) in [6.07, 6.45) is 1.36.